The normalized spacial score (nSPS) is 14.3. The van der Waals surface area contributed by atoms with Crippen LogP contribution in [0, 0.1) is 6.92 Å². The minimum atomic E-state index is -0.398. The molecule has 4 aromatic heterocycles. The van der Waals surface area contributed by atoms with Crippen molar-refractivity contribution >= 4 is 45.1 Å². The van der Waals surface area contributed by atoms with Crippen LogP contribution < -0.4 is 5.32 Å². The van der Waals surface area contributed by atoms with Gasteiger partial charge < -0.3 is 24.8 Å². The van der Waals surface area contributed by atoms with Crippen molar-refractivity contribution in [2.75, 3.05) is 18.4 Å². The second kappa shape index (κ2) is 10.6. The lowest BCUT2D eigenvalue weighted by Crippen LogP contribution is -2.18. The number of aliphatic imine (C=N–C) groups is 1. The van der Waals surface area contributed by atoms with Crippen LogP contribution in [0.1, 0.15) is 45.9 Å². The number of H-pyrrole nitrogens is 2. The van der Waals surface area contributed by atoms with E-state index in [0.717, 1.165) is 36.3 Å². The van der Waals surface area contributed by atoms with E-state index in [-0.39, 0.29) is 11.7 Å². The van der Waals surface area contributed by atoms with E-state index in [1.54, 1.807) is 30.7 Å². The zero-order valence-corrected chi connectivity index (χ0v) is 23.0. The largest absolute Gasteiger partial charge is 0.494 e. The molecule has 1 aliphatic heterocycles. The van der Waals surface area contributed by atoms with Gasteiger partial charge in [-0.05, 0) is 92.5 Å². The number of nitrogens with one attached hydrogen (secondary N) is 3. The number of aromatic hydroxyl groups is 1. The lowest BCUT2D eigenvalue weighted by Gasteiger charge is -2.14. The van der Waals surface area contributed by atoms with Gasteiger partial charge in [0.05, 0.1) is 28.5 Å². The van der Waals surface area contributed by atoms with Crippen molar-refractivity contribution in [2.45, 2.75) is 26.3 Å². The summed E-state index contributed by atoms with van der Waals surface area (Å²) in [5.74, 6) is 0.290. The molecule has 5 heterocycles. The summed E-state index contributed by atoms with van der Waals surface area (Å²) in [6, 6.07) is 19.0. The molecule has 7 rings (SSSR count). The number of imidazole rings is 1. The van der Waals surface area contributed by atoms with Crippen molar-refractivity contribution in [3.05, 3.63) is 101 Å². The van der Waals surface area contributed by atoms with E-state index in [4.69, 9.17) is 9.41 Å². The van der Waals surface area contributed by atoms with Gasteiger partial charge in [0.25, 0.3) is 5.91 Å². The van der Waals surface area contributed by atoms with Crippen LogP contribution >= 0.6 is 0 Å². The molecular weight excluding hydrogens is 530 g/mol. The predicted molar refractivity (Wildman–Crippen MR) is 162 cm³/mol. The number of hydrogen-bond acceptors (Lipinski definition) is 7. The van der Waals surface area contributed by atoms with Gasteiger partial charge in [-0.15, -0.1) is 0 Å². The molecule has 6 aromatic rings. The maximum atomic E-state index is 12.9. The Morgan fingerprint density at radius 1 is 1.07 bits per heavy atom. The molecule has 10 heteroatoms. The van der Waals surface area contributed by atoms with E-state index in [1.807, 2.05) is 37.3 Å². The van der Waals surface area contributed by atoms with Crippen LogP contribution in [-0.2, 0) is 6.54 Å². The van der Waals surface area contributed by atoms with E-state index in [2.05, 4.69) is 42.3 Å². The van der Waals surface area contributed by atoms with Crippen molar-refractivity contribution in [1.82, 2.24) is 24.8 Å². The Bertz CT molecular complexity index is 1910. The molecule has 0 saturated carbocycles. The van der Waals surface area contributed by atoms with Crippen LogP contribution in [0.3, 0.4) is 0 Å². The quantitative estimate of drug-likeness (QED) is 0.176. The Morgan fingerprint density at radius 2 is 1.90 bits per heavy atom. The summed E-state index contributed by atoms with van der Waals surface area (Å²) in [5, 5.41) is 14.7. The number of aromatic nitrogens is 4. The van der Waals surface area contributed by atoms with Crippen molar-refractivity contribution < 1.29 is 14.3 Å². The average molecular weight is 560 g/mol. The molecule has 1 saturated heterocycles. The second-order valence-corrected chi connectivity index (χ2v) is 10.6. The highest BCUT2D eigenvalue weighted by atomic mass is 16.3. The third-order valence-electron chi connectivity index (χ3n) is 7.61. The Hall–Kier alpha value is -5.22. The third-order valence-corrected chi connectivity index (χ3v) is 7.61. The summed E-state index contributed by atoms with van der Waals surface area (Å²) in [6.07, 6.45) is 5.76. The Kier molecular flexibility index (Phi) is 6.52. The molecule has 0 bridgehead atoms. The van der Waals surface area contributed by atoms with Crippen molar-refractivity contribution in [3.63, 3.8) is 0 Å². The summed E-state index contributed by atoms with van der Waals surface area (Å²) >= 11 is 0. The summed E-state index contributed by atoms with van der Waals surface area (Å²) in [4.78, 5) is 34.8. The fraction of sp³-hybridized carbons (Fsp3) is 0.188. The standard InChI is InChI=1S/C32H29N7O3/c1-19-12-16-42-28(19)27(34-21-8-6-20(7-9-21)18-39-14-2-3-15-39)26-23-11-10-22(17-25(23)37-31(26)40)35-32(41)30-36-24-5-4-13-33-29(24)38-30/h4-13,16-17,37,40H,2-3,14-15,18H2,1H3,(H,35,41)(H,33,36,38). The summed E-state index contributed by atoms with van der Waals surface area (Å²) < 4.78 is 5.85. The lowest BCUT2D eigenvalue weighted by molar-refractivity contribution is 0.101. The van der Waals surface area contributed by atoms with E-state index in [0.29, 0.717) is 39.4 Å². The number of carbonyl (C=O) groups excluding carboxylic acids is 1. The number of furan rings is 1. The lowest BCUT2D eigenvalue weighted by atomic mass is 10.0. The van der Waals surface area contributed by atoms with Gasteiger partial charge in [-0.3, -0.25) is 9.69 Å². The zero-order chi connectivity index (χ0) is 28.6. The van der Waals surface area contributed by atoms with Crippen LogP contribution in [-0.4, -0.2) is 54.7 Å². The van der Waals surface area contributed by atoms with Crippen LogP contribution in [0.25, 0.3) is 22.1 Å². The SMILES string of the molecule is Cc1ccoc1C(=Nc1ccc(CN2CCCC2)cc1)c1c(O)[nH]c2cc(NC(=O)c3nc4ncccc4[nH]3)ccc12. The Morgan fingerprint density at radius 3 is 2.67 bits per heavy atom. The van der Waals surface area contributed by atoms with Gasteiger partial charge in [-0.1, -0.05) is 12.1 Å². The van der Waals surface area contributed by atoms with Crippen LogP contribution in [0.4, 0.5) is 11.4 Å². The van der Waals surface area contributed by atoms with E-state index in [9.17, 15) is 9.90 Å². The molecule has 210 valence electrons. The molecular formula is C32H29N7O3. The molecule has 1 amide bonds. The number of aromatic amines is 2. The first kappa shape index (κ1) is 25.7. The van der Waals surface area contributed by atoms with Gasteiger partial charge in [0, 0.05) is 23.8 Å². The molecule has 42 heavy (non-hydrogen) atoms. The topological polar surface area (TPSA) is 135 Å². The summed E-state index contributed by atoms with van der Waals surface area (Å²) in [6.45, 7) is 5.17. The first-order chi connectivity index (χ1) is 20.5. The Labute approximate surface area is 241 Å². The first-order valence-corrected chi connectivity index (χ1v) is 13.9. The Balaban J connectivity index is 1.21. The fourth-order valence-corrected chi connectivity index (χ4v) is 5.48. The molecule has 1 aliphatic rings. The van der Waals surface area contributed by atoms with Crippen LogP contribution in [0.15, 0.2) is 82.5 Å². The van der Waals surface area contributed by atoms with E-state index in [1.165, 1.54) is 18.4 Å². The highest BCUT2D eigenvalue weighted by molar-refractivity contribution is 6.21. The molecule has 0 aliphatic carbocycles. The number of aryl methyl sites for hydroxylation is 1. The van der Waals surface area contributed by atoms with Gasteiger partial charge in [-0.25, -0.2) is 15.0 Å². The number of likely N-dealkylation sites (tertiary alicyclic amines) is 1. The van der Waals surface area contributed by atoms with Crippen molar-refractivity contribution in [1.29, 1.82) is 0 Å². The minimum Gasteiger partial charge on any atom is -0.494 e. The van der Waals surface area contributed by atoms with Crippen LogP contribution in [0.5, 0.6) is 5.88 Å². The number of pyridine rings is 1. The molecule has 0 spiro atoms. The maximum Gasteiger partial charge on any atom is 0.291 e. The molecule has 0 radical (unpaired) electrons. The van der Waals surface area contributed by atoms with Gasteiger partial charge in [0.15, 0.2) is 23.1 Å². The van der Waals surface area contributed by atoms with Gasteiger partial charge in [0.2, 0.25) is 0 Å². The number of rotatable bonds is 7. The predicted octanol–water partition coefficient (Wildman–Crippen LogP) is 6.06. The number of carbonyl (C=O) groups is 1. The molecule has 0 unspecified atom stereocenters. The molecule has 10 nitrogen and oxygen atoms in total. The number of fused-ring (bicyclic) bond motifs is 2. The third kappa shape index (κ3) is 4.92. The number of benzene rings is 2. The summed E-state index contributed by atoms with van der Waals surface area (Å²) in [7, 11) is 0. The average Bonchev–Trinajstić information content (AvgIpc) is 3.79. The van der Waals surface area contributed by atoms with Gasteiger partial charge in [-0.2, -0.15) is 0 Å². The number of anilines is 1. The second-order valence-electron chi connectivity index (χ2n) is 10.6. The monoisotopic (exact) mass is 559 g/mol. The molecule has 4 N–H and O–H groups in total. The highest BCUT2D eigenvalue weighted by Gasteiger charge is 2.23. The molecule has 0 atom stereocenters. The number of nitrogens with zero attached hydrogens (tertiary/aromatic N) is 4. The minimum absolute atomic E-state index is 0.0444. The van der Waals surface area contributed by atoms with Gasteiger partial charge >= 0.3 is 0 Å². The molecule has 1 fully saturated rings. The maximum absolute atomic E-state index is 12.9. The first-order valence-electron chi connectivity index (χ1n) is 13.9. The fourth-order valence-electron chi connectivity index (χ4n) is 5.48. The van der Waals surface area contributed by atoms with E-state index < -0.39 is 5.91 Å². The highest BCUT2D eigenvalue weighted by Crippen LogP contribution is 2.34. The van der Waals surface area contributed by atoms with E-state index >= 15 is 0 Å². The zero-order valence-electron chi connectivity index (χ0n) is 23.0. The van der Waals surface area contributed by atoms with Gasteiger partial charge in [0.1, 0.15) is 5.71 Å². The number of amides is 1. The van der Waals surface area contributed by atoms with Crippen LogP contribution in [0.2, 0.25) is 0 Å². The smallest absolute Gasteiger partial charge is 0.291 e. The molecule has 2 aromatic carbocycles. The van der Waals surface area contributed by atoms with Crippen molar-refractivity contribution in [3.8, 4) is 5.88 Å². The number of hydrogen-bond donors (Lipinski definition) is 4. The van der Waals surface area contributed by atoms with Crippen molar-refractivity contribution in [2.24, 2.45) is 4.99 Å². The summed E-state index contributed by atoms with van der Waals surface area (Å²) in [5.41, 5.74) is 6.25.